The molecule has 36 heavy (non-hydrogen) atoms. The van der Waals surface area contributed by atoms with Crippen LogP contribution in [0.25, 0.3) is 10.6 Å². The van der Waals surface area contributed by atoms with E-state index in [4.69, 9.17) is 4.74 Å². The van der Waals surface area contributed by atoms with Crippen molar-refractivity contribution in [3.05, 3.63) is 47.0 Å². The number of ether oxygens (including phenoxy) is 1. The van der Waals surface area contributed by atoms with E-state index in [0.717, 1.165) is 66.2 Å². The minimum Gasteiger partial charge on any atom is -0.465 e. The van der Waals surface area contributed by atoms with Crippen LogP contribution < -0.4 is 5.32 Å². The zero-order valence-electron chi connectivity index (χ0n) is 21.5. The fourth-order valence-electron chi connectivity index (χ4n) is 4.63. The van der Waals surface area contributed by atoms with Crippen molar-refractivity contribution >= 4 is 28.9 Å². The molecule has 1 aliphatic carbocycles. The highest BCUT2D eigenvalue weighted by atomic mass is 32.1. The summed E-state index contributed by atoms with van der Waals surface area (Å²) in [5.74, 6) is 0.409. The normalized spacial score (nSPS) is 19.5. The molecule has 2 N–H and O–H groups in total. The second kappa shape index (κ2) is 11.4. The molecule has 1 saturated carbocycles. The first-order chi connectivity index (χ1) is 17.3. The second-order valence-corrected chi connectivity index (χ2v) is 10.8. The Kier molecular flexibility index (Phi) is 8.31. The van der Waals surface area contributed by atoms with Crippen LogP contribution in [0.15, 0.2) is 30.6 Å². The van der Waals surface area contributed by atoms with Gasteiger partial charge in [-0.3, -0.25) is 9.78 Å². The SMILES string of the molecule is CCCCOC(=O)C1CCC([C@](C)(O)c2ncc(-c3cc(Nc4nccc(C)n4)cc(C)n3)s2)CC1. The summed E-state index contributed by atoms with van der Waals surface area (Å²) in [5.41, 5.74) is 2.29. The van der Waals surface area contributed by atoms with E-state index < -0.39 is 5.60 Å². The Bertz CT molecular complexity index is 1190. The molecule has 0 radical (unpaired) electrons. The minimum atomic E-state index is -1.07. The maximum absolute atomic E-state index is 12.3. The van der Waals surface area contributed by atoms with Crippen LogP contribution in [0.3, 0.4) is 0 Å². The first kappa shape index (κ1) is 26.2. The topological polar surface area (TPSA) is 110 Å². The summed E-state index contributed by atoms with van der Waals surface area (Å²) in [7, 11) is 0. The molecule has 8 nitrogen and oxygen atoms in total. The summed E-state index contributed by atoms with van der Waals surface area (Å²) in [6.45, 7) is 8.28. The number of esters is 1. The van der Waals surface area contributed by atoms with Gasteiger partial charge in [-0.2, -0.15) is 0 Å². The van der Waals surface area contributed by atoms with E-state index in [1.54, 1.807) is 12.4 Å². The van der Waals surface area contributed by atoms with Gasteiger partial charge in [0, 0.05) is 29.5 Å². The quantitative estimate of drug-likeness (QED) is 0.279. The number of hydrogen-bond donors (Lipinski definition) is 2. The Morgan fingerprint density at radius 2 is 1.94 bits per heavy atom. The number of nitrogens with one attached hydrogen (secondary N) is 1. The fraction of sp³-hybridized carbons (Fsp3) is 0.519. The average Bonchev–Trinajstić information content (AvgIpc) is 3.35. The number of rotatable bonds is 9. The molecule has 3 aromatic rings. The zero-order valence-corrected chi connectivity index (χ0v) is 22.3. The molecule has 0 amide bonds. The van der Waals surface area contributed by atoms with Crippen LogP contribution >= 0.6 is 11.3 Å². The van der Waals surface area contributed by atoms with Crippen molar-refractivity contribution in [3.63, 3.8) is 0 Å². The number of carbonyl (C=O) groups excluding carboxylic acids is 1. The molecule has 0 aromatic carbocycles. The third-order valence-electron chi connectivity index (χ3n) is 6.79. The highest BCUT2D eigenvalue weighted by Crippen LogP contribution is 2.43. The molecule has 1 fully saturated rings. The first-order valence-corrected chi connectivity index (χ1v) is 13.5. The van der Waals surface area contributed by atoms with Crippen molar-refractivity contribution in [2.75, 3.05) is 11.9 Å². The lowest BCUT2D eigenvalue weighted by molar-refractivity contribution is -0.151. The van der Waals surface area contributed by atoms with Gasteiger partial charge in [-0.05, 0) is 77.0 Å². The summed E-state index contributed by atoms with van der Waals surface area (Å²) < 4.78 is 5.41. The second-order valence-electron chi connectivity index (χ2n) is 9.78. The third kappa shape index (κ3) is 6.25. The monoisotopic (exact) mass is 509 g/mol. The van der Waals surface area contributed by atoms with Crippen LogP contribution in [-0.4, -0.2) is 37.6 Å². The van der Waals surface area contributed by atoms with E-state index in [1.807, 2.05) is 39.0 Å². The molecule has 192 valence electrons. The number of aliphatic hydroxyl groups is 1. The largest absolute Gasteiger partial charge is 0.465 e. The maximum atomic E-state index is 12.3. The standard InChI is InChI=1S/C27H35N5O3S/c1-5-6-13-35-24(33)19-7-9-20(10-8-19)27(4,34)25-29-16-23(36-25)22-15-21(14-18(3)30-22)32-26-28-12-11-17(2)31-26/h11-12,14-16,19-20,34H,5-10,13H2,1-4H3,(H,28,30,31,32)/t19?,20?,27-/m0/s1. The summed E-state index contributed by atoms with van der Waals surface area (Å²) in [4.78, 5) is 31.2. The van der Waals surface area contributed by atoms with Gasteiger partial charge in [-0.25, -0.2) is 15.0 Å². The Hall–Kier alpha value is -2.91. The summed E-state index contributed by atoms with van der Waals surface area (Å²) in [6.07, 6.45) is 8.41. The van der Waals surface area contributed by atoms with Gasteiger partial charge in [-0.15, -0.1) is 11.3 Å². The van der Waals surface area contributed by atoms with Crippen LogP contribution in [-0.2, 0) is 15.1 Å². The summed E-state index contributed by atoms with van der Waals surface area (Å²) in [5, 5.41) is 15.4. The van der Waals surface area contributed by atoms with Gasteiger partial charge >= 0.3 is 5.97 Å². The van der Waals surface area contributed by atoms with E-state index in [9.17, 15) is 9.90 Å². The Balaban J connectivity index is 1.44. The predicted molar refractivity (Wildman–Crippen MR) is 141 cm³/mol. The van der Waals surface area contributed by atoms with Crippen molar-refractivity contribution in [1.82, 2.24) is 19.9 Å². The van der Waals surface area contributed by atoms with E-state index >= 15 is 0 Å². The predicted octanol–water partition coefficient (Wildman–Crippen LogP) is 5.71. The molecule has 3 heterocycles. The molecule has 4 rings (SSSR count). The molecule has 3 aromatic heterocycles. The van der Waals surface area contributed by atoms with Gasteiger partial charge in [0.25, 0.3) is 0 Å². The van der Waals surface area contributed by atoms with Gasteiger partial charge in [0.1, 0.15) is 10.6 Å². The van der Waals surface area contributed by atoms with Crippen LogP contribution in [0.4, 0.5) is 11.6 Å². The number of thiazole rings is 1. The van der Waals surface area contributed by atoms with Gasteiger partial charge in [-0.1, -0.05) is 13.3 Å². The van der Waals surface area contributed by atoms with Gasteiger partial charge in [0.15, 0.2) is 0 Å². The average molecular weight is 510 g/mol. The van der Waals surface area contributed by atoms with Crippen LogP contribution in [0.2, 0.25) is 0 Å². The van der Waals surface area contributed by atoms with Crippen LogP contribution in [0.1, 0.15) is 68.8 Å². The lowest BCUT2D eigenvalue weighted by Crippen LogP contribution is -2.36. The lowest BCUT2D eigenvalue weighted by Gasteiger charge is -2.36. The number of carbonyl (C=O) groups is 1. The van der Waals surface area contributed by atoms with Crippen molar-refractivity contribution in [1.29, 1.82) is 0 Å². The molecule has 1 atom stereocenters. The highest BCUT2D eigenvalue weighted by Gasteiger charge is 2.40. The zero-order chi connectivity index (χ0) is 25.7. The number of aryl methyl sites for hydroxylation is 2. The lowest BCUT2D eigenvalue weighted by atomic mass is 9.74. The van der Waals surface area contributed by atoms with Gasteiger partial charge in [0.2, 0.25) is 5.95 Å². The Morgan fingerprint density at radius 3 is 2.67 bits per heavy atom. The number of unbranched alkanes of at least 4 members (excludes halogenated alkanes) is 1. The Labute approximate surface area is 216 Å². The van der Waals surface area contributed by atoms with Crippen molar-refractivity contribution in [3.8, 4) is 10.6 Å². The molecule has 0 bridgehead atoms. The summed E-state index contributed by atoms with van der Waals surface area (Å²) in [6, 6.07) is 5.74. The number of anilines is 2. The maximum Gasteiger partial charge on any atom is 0.308 e. The number of hydrogen-bond acceptors (Lipinski definition) is 9. The number of pyridine rings is 1. The molecular formula is C27H35N5O3S. The number of aromatic nitrogens is 4. The molecule has 0 unspecified atom stereocenters. The van der Waals surface area contributed by atoms with E-state index in [2.05, 4.69) is 32.2 Å². The molecule has 9 heteroatoms. The Morgan fingerprint density at radius 1 is 1.17 bits per heavy atom. The van der Waals surface area contributed by atoms with Crippen molar-refractivity contribution in [2.45, 2.75) is 71.8 Å². The van der Waals surface area contributed by atoms with Crippen LogP contribution in [0.5, 0.6) is 0 Å². The van der Waals surface area contributed by atoms with E-state index in [-0.39, 0.29) is 17.8 Å². The van der Waals surface area contributed by atoms with E-state index in [0.29, 0.717) is 17.6 Å². The highest BCUT2D eigenvalue weighted by molar-refractivity contribution is 7.15. The molecule has 0 saturated heterocycles. The summed E-state index contributed by atoms with van der Waals surface area (Å²) >= 11 is 1.46. The minimum absolute atomic E-state index is 0.0392. The third-order valence-corrected chi connectivity index (χ3v) is 8.04. The molecule has 1 aliphatic rings. The fourth-order valence-corrected chi connectivity index (χ4v) is 5.63. The van der Waals surface area contributed by atoms with Gasteiger partial charge in [0.05, 0.1) is 23.1 Å². The first-order valence-electron chi connectivity index (χ1n) is 12.7. The molecular weight excluding hydrogens is 474 g/mol. The van der Waals surface area contributed by atoms with Gasteiger partial charge < -0.3 is 15.2 Å². The van der Waals surface area contributed by atoms with Crippen molar-refractivity contribution < 1.29 is 14.6 Å². The molecule has 0 spiro atoms. The smallest absolute Gasteiger partial charge is 0.308 e. The van der Waals surface area contributed by atoms with Crippen LogP contribution in [0, 0.1) is 25.7 Å². The molecule has 0 aliphatic heterocycles. The van der Waals surface area contributed by atoms with Crippen molar-refractivity contribution in [2.24, 2.45) is 11.8 Å². The number of nitrogens with zero attached hydrogens (tertiary/aromatic N) is 4. The van der Waals surface area contributed by atoms with E-state index in [1.165, 1.54) is 11.3 Å².